The lowest BCUT2D eigenvalue weighted by atomic mass is 9.49. The lowest BCUT2D eigenvalue weighted by molar-refractivity contribution is -0.158. The Bertz CT molecular complexity index is 927. The molecule has 5 aliphatic rings. The Hall–Kier alpha value is -1.82. The molecule has 1 saturated heterocycles. The topological polar surface area (TPSA) is 45.7 Å². The van der Waals surface area contributed by atoms with Gasteiger partial charge in [-0.25, -0.2) is 4.98 Å². The van der Waals surface area contributed by atoms with Gasteiger partial charge in [-0.15, -0.1) is 0 Å². The fourth-order valence-corrected chi connectivity index (χ4v) is 8.14. The van der Waals surface area contributed by atoms with Crippen LogP contribution in [0.15, 0.2) is 18.2 Å². The van der Waals surface area contributed by atoms with E-state index in [1.165, 1.54) is 43.2 Å². The number of benzene rings is 1. The standard InChI is InChI=1S/C24H31N3O2S/c1-2-29-19-3-4-20-21(12-19)30-23(25-20)27-7-5-26(6-8-27)22(28)24-13-16-9-17(14-24)11-18(10-16)15-24/h3-4,12,16-18H,2,5-11,13-15H2,1H3. The second-order valence-electron chi connectivity index (χ2n) is 10.0. The first-order valence-electron chi connectivity index (χ1n) is 11.7. The van der Waals surface area contributed by atoms with Gasteiger partial charge in [-0.05, 0) is 81.4 Å². The van der Waals surface area contributed by atoms with Gasteiger partial charge >= 0.3 is 0 Å². The Labute approximate surface area is 182 Å². The maximum atomic E-state index is 13.6. The minimum atomic E-state index is -0.0114. The van der Waals surface area contributed by atoms with Crippen LogP contribution in [-0.2, 0) is 4.79 Å². The van der Waals surface area contributed by atoms with E-state index in [0.29, 0.717) is 12.5 Å². The maximum Gasteiger partial charge on any atom is 0.228 e. The molecule has 0 spiro atoms. The molecule has 4 bridgehead atoms. The molecule has 5 nitrogen and oxygen atoms in total. The summed E-state index contributed by atoms with van der Waals surface area (Å²) < 4.78 is 6.80. The molecule has 7 rings (SSSR count). The Kier molecular flexibility index (Phi) is 4.48. The van der Waals surface area contributed by atoms with Crippen molar-refractivity contribution in [2.75, 3.05) is 37.7 Å². The van der Waals surface area contributed by atoms with E-state index in [-0.39, 0.29) is 5.41 Å². The zero-order valence-electron chi connectivity index (χ0n) is 17.8. The minimum absolute atomic E-state index is 0.0114. The molecule has 0 atom stereocenters. The van der Waals surface area contributed by atoms with Crippen LogP contribution in [-0.4, -0.2) is 48.6 Å². The Morgan fingerprint density at radius 3 is 2.40 bits per heavy atom. The van der Waals surface area contributed by atoms with Crippen LogP contribution < -0.4 is 9.64 Å². The number of hydrogen-bond acceptors (Lipinski definition) is 5. The second-order valence-corrected chi connectivity index (χ2v) is 11.0. The summed E-state index contributed by atoms with van der Waals surface area (Å²) in [6, 6.07) is 6.14. The molecular formula is C24H31N3O2S. The molecule has 1 aliphatic heterocycles. The van der Waals surface area contributed by atoms with Gasteiger partial charge in [-0.1, -0.05) is 11.3 Å². The van der Waals surface area contributed by atoms with E-state index in [4.69, 9.17) is 9.72 Å². The first-order chi connectivity index (χ1) is 14.6. The zero-order valence-corrected chi connectivity index (χ0v) is 18.6. The quantitative estimate of drug-likeness (QED) is 0.720. The number of thiazole rings is 1. The number of carbonyl (C=O) groups excluding carboxylic acids is 1. The first kappa shape index (κ1) is 18.9. The van der Waals surface area contributed by atoms with Gasteiger partial charge in [0.1, 0.15) is 5.75 Å². The number of aromatic nitrogens is 1. The summed E-state index contributed by atoms with van der Waals surface area (Å²) in [6.45, 7) is 6.12. The Morgan fingerprint density at radius 2 is 1.77 bits per heavy atom. The number of nitrogens with zero attached hydrogens (tertiary/aromatic N) is 3. The highest BCUT2D eigenvalue weighted by atomic mass is 32.1. The van der Waals surface area contributed by atoms with Crippen LogP contribution in [0.3, 0.4) is 0 Å². The number of anilines is 1. The average Bonchev–Trinajstić information content (AvgIpc) is 3.16. The molecule has 1 amide bonds. The van der Waals surface area contributed by atoms with Crippen molar-refractivity contribution in [2.24, 2.45) is 23.2 Å². The number of piperazine rings is 1. The monoisotopic (exact) mass is 425 g/mol. The summed E-state index contributed by atoms with van der Waals surface area (Å²) in [4.78, 5) is 23.0. The highest BCUT2D eigenvalue weighted by Gasteiger charge is 2.55. The number of ether oxygens (including phenoxy) is 1. The van der Waals surface area contributed by atoms with E-state index in [2.05, 4.69) is 15.9 Å². The lowest BCUT2D eigenvalue weighted by Crippen LogP contribution is -2.58. The molecule has 0 N–H and O–H groups in total. The highest BCUT2D eigenvalue weighted by molar-refractivity contribution is 7.22. The van der Waals surface area contributed by atoms with Gasteiger partial charge in [-0.3, -0.25) is 4.79 Å². The third kappa shape index (κ3) is 3.10. The molecule has 30 heavy (non-hydrogen) atoms. The van der Waals surface area contributed by atoms with Gasteiger partial charge in [0.25, 0.3) is 0 Å². The fourth-order valence-electron chi connectivity index (χ4n) is 7.09. The third-order valence-corrected chi connectivity index (χ3v) is 9.07. The fraction of sp³-hybridized carbons (Fsp3) is 0.667. The van der Waals surface area contributed by atoms with Crippen molar-refractivity contribution in [1.82, 2.24) is 9.88 Å². The van der Waals surface area contributed by atoms with Crippen LogP contribution in [0.5, 0.6) is 5.75 Å². The summed E-state index contributed by atoms with van der Waals surface area (Å²) in [5.41, 5.74) is 1.02. The predicted molar refractivity (Wildman–Crippen MR) is 120 cm³/mol. The number of amides is 1. The molecule has 4 aliphatic carbocycles. The molecule has 1 aromatic heterocycles. The van der Waals surface area contributed by atoms with Gasteiger partial charge in [0.2, 0.25) is 5.91 Å². The van der Waals surface area contributed by atoms with E-state index in [1.807, 2.05) is 19.1 Å². The van der Waals surface area contributed by atoms with Crippen molar-refractivity contribution in [3.63, 3.8) is 0 Å². The van der Waals surface area contributed by atoms with Crippen LogP contribution >= 0.6 is 11.3 Å². The van der Waals surface area contributed by atoms with Crippen LogP contribution in [0.4, 0.5) is 5.13 Å². The lowest BCUT2D eigenvalue weighted by Gasteiger charge is -2.57. The Balaban J connectivity index is 1.14. The smallest absolute Gasteiger partial charge is 0.228 e. The number of fused-ring (bicyclic) bond motifs is 1. The third-order valence-electron chi connectivity index (χ3n) is 7.99. The summed E-state index contributed by atoms with van der Waals surface area (Å²) >= 11 is 1.73. The van der Waals surface area contributed by atoms with Gasteiger partial charge in [-0.2, -0.15) is 0 Å². The summed E-state index contributed by atoms with van der Waals surface area (Å²) in [5.74, 6) is 3.86. The summed E-state index contributed by atoms with van der Waals surface area (Å²) in [5, 5.41) is 1.07. The molecule has 2 aromatic rings. The number of hydrogen-bond donors (Lipinski definition) is 0. The van der Waals surface area contributed by atoms with Crippen molar-refractivity contribution in [2.45, 2.75) is 45.4 Å². The highest BCUT2D eigenvalue weighted by Crippen LogP contribution is 2.60. The van der Waals surface area contributed by atoms with Gasteiger partial charge < -0.3 is 14.5 Å². The number of carbonyl (C=O) groups is 1. The van der Waals surface area contributed by atoms with Gasteiger partial charge in [0.05, 0.1) is 22.2 Å². The zero-order chi connectivity index (χ0) is 20.3. The Morgan fingerprint density at radius 1 is 1.10 bits per heavy atom. The molecule has 1 aromatic carbocycles. The van der Waals surface area contributed by atoms with Crippen LogP contribution in [0.25, 0.3) is 10.2 Å². The van der Waals surface area contributed by atoms with Crippen LogP contribution in [0.2, 0.25) is 0 Å². The normalized spacial score (nSPS) is 32.8. The average molecular weight is 426 g/mol. The van der Waals surface area contributed by atoms with Crippen molar-refractivity contribution in [1.29, 1.82) is 0 Å². The second kappa shape index (κ2) is 7.11. The molecule has 0 unspecified atom stereocenters. The molecule has 4 saturated carbocycles. The predicted octanol–water partition coefficient (Wildman–Crippen LogP) is 4.56. The van der Waals surface area contributed by atoms with Crippen molar-refractivity contribution in [3.05, 3.63) is 18.2 Å². The van der Waals surface area contributed by atoms with E-state index in [9.17, 15) is 4.79 Å². The van der Waals surface area contributed by atoms with E-state index >= 15 is 0 Å². The molecule has 2 heterocycles. The molecule has 6 heteroatoms. The summed E-state index contributed by atoms with van der Waals surface area (Å²) in [6.07, 6.45) is 7.67. The van der Waals surface area contributed by atoms with E-state index in [1.54, 1.807) is 11.3 Å². The first-order valence-corrected chi connectivity index (χ1v) is 12.5. The van der Waals surface area contributed by atoms with Crippen LogP contribution in [0, 0.1) is 23.2 Å². The molecular weight excluding hydrogens is 394 g/mol. The van der Waals surface area contributed by atoms with E-state index in [0.717, 1.165) is 60.3 Å². The maximum absolute atomic E-state index is 13.6. The number of rotatable bonds is 4. The minimum Gasteiger partial charge on any atom is -0.494 e. The van der Waals surface area contributed by atoms with Crippen molar-refractivity contribution < 1.29 is 9.53 Å². The molecule has 160 valence electrons. The molecule has 5 fully saturated rings. The summed E-state index contributed by atoms with van der Waals surface area (Å²) in [7, 11) is 0. The van der Waals surface area contributed by atoms with E-state index < -0.39 is 0 Å². The van der Waals surface area contributed by atoms with Crippen LogP contribution in [0.1, 0.15) is 45.4 Å². The van der Waals surface area contributed by atoms with Crippen molar-refractivity contribution >= 4 is 32.6 Å². The van der Waals surface area contributed by atoms with Gasteiger partial charge in [0, 0.05) is 26.2 Å². The van der Waals surface area contributed by atoms with Gasteiger partial charge in [0.15, 0.2) is 5.13 Å². The SMILES string of the molecule is CCOc1ccc2nc(N3CCN(C(=O)C45CC6CC(CC(C6)C4)C5)CC3)sc2c1. The van der Waals surface area contributed by atoms with Crippen molar-refractivity contribution in [3.8, 4) is 5.75 Å². The molecule has 0 radical (unpaired) electrons. The largest absolute Gasteiger partial charge is 0.494 e.